The Balaban J connectivity index is 1.41. The Bertz CT molecular complexity index is 1100. The minimum Gasteiger partial charge on any atom is -0.494 e. The summed E-state index contributed by atoms with van der Waals surface area (Å²) in [7, 11) is 0. The minimum atomic E-state index is -0.172. The second kappa shape index (κ2) is 9.28. The lowest BCUT2D eigenvalue weighted by Crippen LogP contribution is -2.15. The normalized spacial score (nSPS) is 10.6. The second-order valence-corrected chi connectivity index (χ2v) is 7.21. The summed E-state index contributed by atoms with van der Waals surface area (Å²) in [5.74, 6) is 2.52. The van der Waals surface area contributed by atoms with Crippen LogP contribution in [0.5, 0.6) is 17.2 Å². The predicted molar refractivity (Wildman–Crippen MR) is 116 cm³/mol. The lowest BCUT2D eigenvalue weighted by atomic mass is 10.2. The van der Waals surface area contributed by atoms with Crippen LogP contribution in [0.15, 0.2) is 76.7 Å². The molecule has 30 heavy (non-hydrogen) atoms. The molecule has 2 heterocycles. The number of nitrogens with zero attached hydrogens (tertiary/aromatic N) is 1. The van der Waals surface area contributed by atoms with E-state index in [2.05, 4.69) is 10.3 Å². The highest BCUT2D eigenvalue weighted by atomic mass is 32.1. The van der Waals surface area contributed by atoms with Gasteiger partial charge in [0.1, 0.15) is 11.5 Å². The molecule has 4 rings (SSSR count). The van der Waals surface area contributed by atoms with Crippen LogP contribution in [0, 0.1) is 0 Å². The van der Waals surface area contributed by atoms with Crippen LogP contribution in [0.1, 0.15) is 12.6 Å². The highest BCUT2D eigenvalue weighted by Crippen LogP contribution is 2.30. The molecule has 4 aromatic rings. The van der Waals surface area contributed by atoms with E-state index in [1.165, 1.54) is 11.3 Å². The minimum absolute atomic E-state index is 0.161. The molecule has 0 saturated heterocycles. The first-order valence-electron chi connectivity index (χ1n) is 9.49. The molecule has 0 aliphatic rings. The van der Waals surface area contributed by atoms with Crippen LogP contribution in [0.4, 0.5) is 5.69 Å². The van der Waals surface area contributed by atoms with Crippen molar-refractivity contribution in [3.8, 4) is 28.0 Å². The monoisotopic (exact) mass is 420 g/mol. The number of ether oxygens (including phenoxy) is 2. The molecule has 7 heteroatoms. The highest BCUT2D eigenvalue weighted by Gasteiger charge is 2.13. The highest BCUT2D eigenvalue weighted by molar-refractivity contribution is 7.13. The molecule has 152 valence electrons. The lowest BCUT2D eigenvalue weighted by molar-refractivity contribution is -0.115. The van der Waals surface area contributed by atoms with Crippen molar-refractivity contribution in [2.24, 2.45) is 0 Å². The van der Waals surface area contributed by atoms with Gasteiger partial charge in [0.25, 0.3) is 0 Å². The van der Waals surface area contributed by atoms with Gasteiger partial charge in [-0.25, -0.2) is 4.98 Å². The summed E-state index contributed by atoms with van der Waals surface area (Å²) in [6.07, 6.45) is 1.76. The molecule has 0 aliphatic heterocycles. The molecule has 2 aromatic heterocycles. The van der Waals surface area contributed by atoms with E-state index < -0.39 is 0 Å². The lowest BCUT2D eigenvalue weighted by Gasteiger charge is -2.12. The third kappa shape index (κ3) is 4.87. The Kier molecular flexibility index (Phi) is 6.10. The van der Waals surface area contributed by atoms with E-state index in [9.17, 15) is 4.79 Å². The van der Waals surface area contributed by atoms with Gasteiger partial charge in [-0.05, 0) is 55.5 Å². The van der Waals surface area contributed by atoms with E-state index in [1.54, 1.807) is 12.3 Å². The maximum absolute atomic E-state index is 12.6. The first-order chi connectivity index (χ1) is 14.7. The largest absolute Gasteiger partial charge is 0.494 e. The number of thiazole rings is 1. The van der Waals surface area contributed by atoms with Crippen LogP contribution in [-0.4, -0.2) is 17.5 Å². The van der Waals surface area contributed by atoms with Crippen molar-refractivity contribution in [1.29, 1.82) is 0 Å². The van der Waals surface area contributed by atoms with E-state index in [0.29, 0.717) is 35.2 Å². The molecule has 1 N–H and O–H groups in total. The van der Waals surface area contributed by atoms with Crippen molar-refractivity contribution in [2.45, 2.75) is 13.3 Å². The van der Waals surface area contributed by atoms with E-state index >= 15 is 0 Å². The number of para-hydroxylation sites is 2. The number of rotatable bonds is 8. The molecule has 2 aromatic carbocycles. The van der Waals surface area contributed by atoms with Gasteiger partial charge in [-0.1, -0.05) is 12.1 Å². The van der Waals surface area contributed by atoms with Crippen LogP contribution in [0.2, 0.25) is 0 Å². The number of carbonyl (C=O) groups excluding carboxylic acids is 1. The van der Waals surface area contributed by atoms with Gasteiger partial charge in [0.15, 0.2) is 16.5 Å². The molecule has 0 aliphatic carbocycles. The zero-order chi connectivity index (χ0) is 20.8. The third-order valence-corrected chi connectivity index (χ3v) is 5.05. The number of nitrogens with one attached hydrogen (secondary N) is 1. The number of hydrogen-bond donors (Lipinski definition) is 1. The van der Waals surface area contributed by atoms with Gasteiger partial charge < -0.3 is 19.2 Å². The number of anilines is 1. The Hall–Kier alpha value is -3.58. The van der Waals surface area contributed by atoms with E-state index in [0.717, 1.165) is 10.8 Å². The van der Waals surface area contributed by atoms with Gasteiger partial charge in [0.05, 0.1) is 30.7 Å². The third-order valence-electron chi connectivity index (χ3n) is 4.15. The summed E-state index contributed by atoms with van der Waals surface area (Å²) < 4.78 is 16.7. The van der Waals surface area contributed by atoms with Crippen molar-refractivity contribution in [2.75, 3.05) is 11.9 Å². The first kappa shape index (κ1) is 19.7. The molecular formula is C23H20N2O4S. The molecular weight excluding hydrogens is 400 g/mol. The molecule has 0 atom stereocenters. The summed E-state index contributed by atoms with van der Waals surface area (Å²) in [4.78, 5) is 17.0. The number of benzene rings is 2. The van der Waals surface area contributed by atoms with Gasteiger partial charge in [-0.2, -0.15) is 0 Å². The van der Waals surface area contributed by atoms with Crippen molar-refractivity contribution in [3.05, 3.63) is 78.0 Å². The van der Waals surface area contributed by atoms with Crippen LogP contribution in [0.3, 0.4) is 0 Å². The molecule has 0 fully saturated rings. The molecule has 0 unspecified atom stereocenters. The Morgan fingerprint density at radius 1 is 1.07 bits per heavy atom. The number of aromatic nitrogens is 1. The maximum Gasteiger partial charge on any atom is 0.230 e. The van der Waals surface area contributed by atoms with Crippen molar-refractivity contribution >= 4 is 22.9 Å². The number of carbonyl (C=O) groups is 1. The van der Waals surface area contributed by atoms with E-state index in [1.807, 2.05) is 66.9 Å². The molecule has 6 nitrogen and oxygen atoms in total. The van der Waals surface area contributed by atoms with Gasteiger partial charge in [0, 0.05) is 5.38 Å². The van der Waals surface area contributed by atoms with Gasteiger partial charge in [0.2, 0.25) is 5.91 Å². The SMILES string of the molecule is CCOc1ccc(Oc2ccccc2NC(=O)Cc2csc(-c3ccco3)n2)cc1. The molecule has 0 radical (unpaired) electrons. The summed E-state index contributed by atoms with van der Waals surface area (Å²) in [5, 5.41) is 5.52. The van der Waals surface area contributed by atoms with Crippen molar-refractivity contribution in [1.82, 2.24) is 4.98 Å². The fraction of sp³-hybridized carbons (Fsp3) is 0.130. The summed E-state index contributed by atoms with van der Waals surface area (Å²) in [6, 6.07) is 18.3. The van der Waals surface area contributed by atoms with Crippen molar-refractivity contribution < 1.29 is 18.7 Å². The topological polar surface area (TPSA) is 73.6 Å². The van der Waals surface area contributed by atoms with Crippen LogP contribution < -0.4 is 14.8 Å². The summed E-state index contributed by atoms with van der Waals surface area (Å²) in [5.41, 5.74) is 1.28. The van der Waals surface area contributed by atoms with Crippen molar-refractivity contribution in [3.63, 3.8) is 0 Å². The summed E-state index contributed by atoms with van der Waals surface area (Å²) >= 11 is 1.45. The number of amides is 1. The van der Waals surface area contributed by atoms with E-state index in [4.69, 9.17) is 13.9 Å². The maximum atomic E-state index is 12.6. The van der Waals surface area contributed by atoms with Crippen LogP contribution >= 0.6 is 11.3 Å². The standard InChI is InChI=1S/C23H20N2O4S/c1-2-27-17-9-11-18(12-10-17)29-20-7-4-3-6-19(20)25-22(26)14-16-15-30-23(24-16)21-8-5-13-28-21/h3-13,15H,2,14H2,1H3,(H,25,26). The van der Waals surface area contributed by atoms with Gasteiger partial charge in [-0.3, -0.25) is 4.79 Å². The van der Waals surface area contributed by atoms with Crippen LogP contribution in [-0.2, 0) is 11.2 Å². The fourth-order valence-electron chi connectivity index (χ4n) is 2.82. The van der Waals surface area contributed by atoms with Crippen LogP contribution in [0.25, 0.3) is 10.8 Å². The molecule has 0 saturated carbocycles. The van der Waals surface area contributed by atoms with Gasteiger partial charge >= 0.3 is 0 Å². The predicted octanol–water partition coefficient (Wildman–Crippen LogP) is 5.78. The Morgan fingerprint density at radius 3 is 2.63 bits per heavy atom. The first-order valence-corrected chi connectivity index (χ1v) is 10.4. The average Bonchev–Trinajstić information content (AvgIpc) is 3.43. The molecule has 1 amide bonds. The van der Waals surface area contributed by atoms with Gasteiger partial charge in [-0.15, -0.1) is 11.3 Å². The Labute approximate surface area is 178 Å². The smallest absolute Gasteiger partial charge is 0.230 e. The fourth-order valence-corrected chi connectivity index (χ4v) is 3.60. The molecule has 0 spiro atoms. The average molecular weight is 420 g/mol. The zero-order valence-corrected chi connectivity index (χ0v) is 17.1. The number of hydrogen-bond acceptors (Lipinski definition) is 6. The van der Waals surface area contributed by atoms with E-state index in [-0.39, 0.29) is 12.3 Å². The quantitative estimate of drug-likeness (QED) is 0.391. The summed E-state index contributed by atoms with van der Waals surface area (Å²) in [6.45, 7) is 2.55. The zero-order valence-electron chi connectivity index (χ0n) is 16.3. The Morgan fingerprint density at radius 2 is 1.87 bits per heavy atom. The molecule has 0 bridgehead atoms. The second-order valence-electron chi connectivity index (χ2n) is 6.35. The number of furan rings is 1.